The molecule has 0 aromatic carbocycles. The van der Waals surface area contributed by atoms with Crippen LogP contribution in [0.4, 0.5) is 19.1 Å². The number of amides is 1. The van der Waals surface area contributed by atoms with Crippen molar-refractivity contribution in [1.82, 2.24) is 15.2 Å². The monoisotopic (exact) mass is 302 g/mol. The van der Waals surface area contributed by atoms with Gasteiger partial charge in [0.2, 0.25) is 17.7 Å². The molecule has 2 rings (SSSR count). The number of halogens is 5. The zero-order chi connectivity index (χ0) is 13.8. The lowest BCUT2D eigenvalue weighted by molar-refractivity contribution is -0.144. The number of carbonyl (C=O) groups excluding carboxylic acids is 1. The SMILES string of the molecule is CC1(C(=O)Nc2n[nH]c(C(F)(F)F)n2)CC1(Cl)Cl. The molecule has 1 saturated carbocycles. The molecule has 18 heavy (non-hydrogen) atoms. The highest BCUT2D eigenvalue weighted by Gasteiger charge is 2.68. The van der Waals surface area contributed by atoms with Crippen LogP contribution in [0.1, 0.15) is 19.2 Å². The summed E-state index contributed by atoms with van der Waals surface area (Å²) in [6, 6.07) is 0. The normalized spacial score (nSPS) is 25.9. The third-order valence-electron chi connectivity index (χ3n) is 2.74. The fraction of sp³-hybridized carbons (Fsp3) is 0.625. The maximum absolute atomic E-state index is 12.2. The highest BCUT2D eigenvalue weighted by Crippen LogP contribution is 2.64. The number of H-pyrrole nitrogens is 1. The van der Waals surface area contributed by atoms with Gasteiger partial charge in [0.1, 0.15) is 4.33 Å². The van der Waals surface area contributed by atoms with E-state index in [0.717, 1.165) is 0 Å². The molecule has 0 saturated heterocycles. The van der Waals surface area contributed by atoms with Crippen molar-refractivity contribution in [2.24, 2.45) is 5.41 Å². The summed E-state index contributed by atoms with van der Waals surface area (Å²) in [6.45, 7) is 1.50. The molecule has 1 aromatic rings. The molecular formula is C8H7Cl2F3N4O. The molecule has 1 amide bonds. The molecule has 1 fully saturated rings. The van der Waals surface area contributed by atoms with Gasteiger partial charge in [-0.15, -0.1) is 28.3 Å². The number of anilines is 1. The molecule has 10 heteroatoms. The van der Waals surface area contributed by atoms with Gasteiger partial charge < -0.3 is 0 Å². The van der Waals surface area contributed by atoms with Crippen LogP contribution in [-0.4, -0.2) is 25.4 Å². The van der Waals surface area contributed by atoms with Crippen molar-refractivity contribution in [3.63, 3.8) is 0 Å². The van der Waals surface area contributed by atoms with E-state index < -0.39 is 33.6 Å². The summed E-state index contributed by atoms with van der Waals surface area (Å²) in [7, 11) is 0. The molecule has 1 atom stereocenters. The van der Waals surface area contributed by atoms with E-state index in [-0.39, 0.29) is 6.42 Å². The molecule has 0 spiro atoms. The Balaban J connectivity index is 2.08. The topological polar surface area (TPSA) is 70.7 Å². The number of rotatable bonds is 2. The van der Waals surface area contributed by atoms with Crippen LogP contribution >= 0.6 is 23.2 Å². The lowest BCUT2D eigenvalue weighted by Gasteiger charge is -2.09. The number of carbonyl (C=O) groups is 1. The van der Waals surface area contributed by atoms with E-state index in [0.29, 0.717) is 0 Å². The molecule has 1 aliphatic rings. The summed E-state index contributed by atoms with van der Waals surface area (Å²) in [5.41, 5.74) is -1.05. The number of alkyl halides is 5. The third kappa shape index (κ3) is 2.14. The highest BCUT2D eigenvalue weighted by atomic mass is 35.5. The largest absolute Gasteiger partial charge is 0.451 e. The summed E-state index contributed by atoms with van der Waals surface area (Å²) in [4.78, 5) is 14.8. The molecule has 5 nitrogen and oxygen atoms in total. The smallest absolute Gasteiger partial charge is 0.293 e. The van der Waals surface area contributed by atoms with E-state index in [4.69, 9.17) is 23.2 Å². The quantitative estimate of drug-likeness (QED) is 0.824. The van der Waals surface area contributed by atoms with Crippen molar-refractivity contribution in [2.75, 3.05) is 5.32 Å². The fourth-order valence-corrected chi connectivity index (χ4v) is 2.04. The van der Waals surface area contributed by atoms with Crippen molar-refractivity contribution in [3.8, 4) is 0 Å². The van der Waals surface area contributed by atoms with Gasteiger partial charge in [-0.3, -0.25) is 15.2 Å². The zero-order valence-electron chi connectivity index (χ0n) is 8.90. The van der Waals surface area contributed by atoms with Gasteiger partial charge in [-0.25, -0.2) is 0 Å². The third-order valence-corrected chi connectivity index (χ3v) is 3.84. The van der Waals surface area contributed by atoms with Gasteiger partial charge in [0.25, 0.3) is 0 Å². The minimum Gasteiger partial charge on any atom is -0.293 e. The first-order valence-corrected chi connectivity index (χ1v) is 5.51. The number of aromatic nitrogens is 3. The van der Waals surface area contributed by atoms with E-state index in [2.05, 4.69) is 15.4 Å². The summed E-state index contributed by atoms with van der Waals surface area (Å²) < 4.78 is 35.4. The number of nitrogens with one attached hydrogen (secondary N) is 2. The van der Waals surface area contributed by atoms with Crippen LogP contribution in [0.15, 0.2) is 0 Å². The summed E-state index contributed by atoms with van der Waals surface area (Å²) >= 11 is 11.5. The second kappa shape index (κ2) is 3.74. The predicted octanol–water partition coefficient (Wildman–Crippen LogP) is 2.35. The van der Waals surface area contributed by atoms with Crippen molar-refractivity contribution >= 4 is 35.1 Å². The average Bonchev–Trinajstić information content (AvgIpc) is 2.62. The molecule has 0 aliphatic heterocycles. The predicted molar refractivity (Wildman–Crippen MR) is 57.2 cm³/mol. The Morgan fingerprint density at radius 3 is 2.44 bits per heavy atom. The average molecular weight is 303 g/mol. The van der Waals surface area contributed by atoms with Crippen LogP contribution in [0.2, 0.25) is 0 Å². The fourth-order valence-electron chi connectivity index (χ4n) is 1.33. The van der Waals surface area contributed by atoms with Crippen LogP contribution in [0.5, 0.6) is 0 Å². The Labute approximate surface area is 109 Å². The summed E-state index contributed by atoms with van der Waals surface area (Å²) in [5.74, 6) is -2.38. The van der Waals surface area contributed by atoms with E-state index in [1.807, 2.05) is 0 Å². The van der Waals surface area contributed by atoms with Gasteiger partial charge in [0, 0.05) is 0 Å². The van der Waals surface area contributed by atoms with Crippen molar-refractivity contribution in [2.45, 2.75) is 23.9 Å². The van der Waals surface area contributed by atoms with Gasteiger partial charge in [0.05, 0.1) is 5.41 Å². The van der Waals surface area contributed by atoms with Crippen LogP contribution in [0.3, 0.4) is 0 Å². The number of hydrogen-bond acceptors (Lipinski definition) is 3. The van der Waals surface area contributed by atoms with E-state index in [9.17, 15) is 18.0 Å². The minimum absolute atomic E-state index is 0.214. The van der Waals surface area contributed by atoms with Gasteiger partial charge in [0.15, 0.2) is 0 Å². The van der Waals surface area contributed by atoms with Gasteiger partial charge in [-0.05, 0) is 13.3 Å². The molecule has 2 N–H and O–H groups in total. The lowest BCUT2D eigenvalue weighted by atomic mass is 10.1. The molecule has 1 unspecified atom stereocenters. The number of hydrogen-bond donors (Lipinski definition) is 2. The van der Waals surface area contributed by atoms with Gasteiger partial charge in [-0.2, -0.15) is 18.2 Å². The second-order valence-electron chi connectivity index (χ2n) is 4.17. The minimum atomic E-state index is -4.65. The zero-order valence-corrected chi connectivity index (χ0v) is 10.4. The van der Waals surface area contributed by atoms with Crippen LogP contribution in [0, 0.1) is 5.41 Å². The van der Waals surface area contributed by atoms with E-state index in [1.54, 1.807) is 5.10 Å². The van der Waals surface area contributed by atoms with Crippen molar-refractivity contribution in [1.29, 1.82) is 0 Å². The molecule has 1 aliphatic carbocycles. The maximum Gasteiger partial charge on any atom is 0.451 e. The Hall–Kier alpha value is -1.02. The first-order chi connectivity index (χ1) is 8.06. The lowest BCUT2D eigenvalue weighted by Crippen LogP contribution is -2.26. The standard InChI is InChI=1S/C8H7Cl2F3N4O/c1-6(2-7(6,9)10)4(18)15-5-14-3(16-17-5)8(11,12)13/h2H2,1H3,(H2,14,15,16,17,18). The van der Waals surface area contributed by atoms with Crippen LogP contribution < -0.4 is 5.32 Å². The highest BCUT2D eigenvalue weighted by molar-refractivity contribution is 6.53. The van der Waals surface area contributed by atoms with Crippen molar-refractivity contribution < 1.29 is 18.0 Å². The Bertz CT molecular complexity index is 501. The van der Waals surface area contributed by atoms with E-state index in [1.165, 1.54) is 6.92 Å². The Kier molecular flexibility index (Phi) is 2.78. The first-order valence-electron chi connectivity index (χ1n) is 4.75. The Morgan fingerprint density at radius 1 is 1.50 bits per heavy atom. The maximum atomic E-state index is 12.2. The molecule has 0 bridgehead atoms. The first kappa shape index (κ1) is 13.4. The number of aromatic amines is 1. The molecule has 1 heterocycles. The second-order valence-corrected chi connectivity index (χ2v) is 5.66. The van der Waals surface area contributed by atoms with Crippen LogP contribution in [-0.2, 0) is 11.0 Å². The van der Waals surface area contributed by atoms with Crippen LogP contribution in [0.25, 0.3) is 0 Å². The molecule has 100 valence electrons. The molecule has 1 aromatic heterocycles. The van der Waals surface area contributed by atoms with Crippen molar-refractivity contribution in [3.05, 3.63) is 5.82 Å². The molecule has 0 radical (unpaired) electrons. The summed E-state index contributed by atoms with van der Waals surface area (Å²) in [5, 5.41) is 7.05. The van der Waals surface area contributed by atoms with Gasteiger partial charge >= 0.3 is 6.18 Å². The Morgan fingerprint density at radius 2 is 2.06 bits per heavy atom. The summed E-state index contributed by atoms with van der Waals surface area (Å²) in [6.07, 6.45) is -4.44. The number of nitrogens with zero attached hydrogens (tertiary/aromatic N) is 2. The van der Waals surface area contributed by atoms with Gasteiger partial charge in [-0.1, -0.05) is 0 Å². The van der Waals surface area contributed by atoms with E-state index >= 15 is 0 Å². The molecular weight excluding hydrogens is 296 g/mol.